The number of aryl methyl sites for hydroxylation is 2. The SMILES string of the molecule is CCc1cccc(C)c1NC(=O)CN(C)CC1CCCN1. The number of carbonyl (C=O) groups is 1. The van der Waals surface area contributed by atoms with Crippen LogP contribution < -0.4 is 10.6 Å². The molecule has 4 nitrogen and oxygen atoms in total. The van der Waals surface area contributed by atoms with E-state index in [4.69, 9.17) is 0 Å². The number of carbonyl (C=O) groups excluding carboxylic acids is 1. The van der Waals surface area contributed by atoms with Gasteiger partial charge in [-0.3, -0.25) is 9.69 Å². The molecule has 21 heavy (non-hydrogen) atoms. The van der Waals surface area contributed by atoms with Gasteiger partial charge in [0.25, 0.3) is 0 Å². The standard InChI is InChI=1S/C17H27N3O/c1-4-14-8-5-7-13(2)17(14)19-16(21)12-20(3)11-15-9-6-10-18-15/h5,7-8,15,18H,4,6,9-12H2,1-3H3,(H,19,21). The predicted molar refractivity (Wildman–Crippen MR) is 87.7 cm³/mol. The lowest BCUT2D eigenvalue weighted by Crippen LogP contribution is -2.39. The second-order valence-corrected chi connectivity index (χ2v) is 6.00. The Kier molecular flexibility index (Phi) is 5.76. The lowest BCUT2D eigenvalue weighted by molar-refractivity contribution is -0.117. The van der Waals surface area contributed by atoms with Crippen LogP contribution in [0.4, 0.5) is 5.69 Å². The summed E-state index contributed by atoms with van der Waals surface area (Å²) in [6.07, 6.45) is 3.39. The Morgan fingerprint density at radius 3 is 2.95 bits per heavy atom. The molecule has 2 N–H and O–H groups in total. The van der Waals surface area contributed by atoms with Gasteiger partial charge < -0.3 is 10.6 Å². The van der Waals surface area contributed by atoms with Gasteiger partial charge in [-0.2, -0.15) is 0 Å². The van der Waals surface area contributed by atoms with E-state index < -0.39 is 0 Å². The van der Waals surface area contributed by atoms with E-state index in [1.165, 1.54) is 18.4 Å². The minimum atomic E-state index is 0.0690. The molecule has 1 amide bonds. The maximum atomic E-state index is 12.2. The summed E-state index contributed by atoms with van der Waals surface area (Å²) in [7, 11) is 2.01. The Balaban J connectivity index is 1.89. The molecule has 1 aromatic carbocycles. The third-order valence-corrected chi connectivity index (χ3v) is 4.11. The Morgan fingerprint density at radius 2 is 2.29 bits per heavy atom. The fourth-order valence-corrected chi connectivity index (χ4v) is 2.98. The molecule has 2 rings (SSSR count). The van der Waals surface area contributed by atoms with Gasteiger partial charge in [-0.05, 0) is 50.9 Å². The molecule has 1 atom stereocenters. The second kappa shape index (κ2) is 7.57. The summed E-state index contributed by atoms with van der Waals surface area (Å²) in [5, 5.41) is 6.55. The summed E-state index contributed by atoms with van der Waals surface area (Å²) in [4.78, 5) is 14.3. The summed E-state index contributed by atoms with van der Waals surface area (Å²) in [5.41, 5.74) is 3.31. The molecule has 4 heteroatoms. The number of nitrogens with one attached hydrogen (secondary N) is 2. The van der Waals surface area contributed by atoms with E-state index in [-0.39, 0.29) is 5.91 Å². The molecule has 1 saturated heterocycles. The van der Waals surface area contributed by atoms with Gasteiger partial charge in [-0.15, -0.1) is 0 Å². The quantitative estimate of drug-likeness (QED) is 0.843. The lowest BCUT2D eigenvalue weighted by Gasteiger charge is -2.21. The average molecular weight is 289 g/mol. The third kappa shape index (κ3) is 4.55. The molecule has 0 bridgehead atoms. The molecule has 1 aliphatic heterocycles. The minimum absolute atomic E-state index is 0.0690. The molecule has 1 aromatic rings. The van der Waals surface area contributed by atoms with Crippen LogP contribution in [0.2, 0.25) is 0 Å². The van der Waals surface area contributed by atoms with Gasteiger partial charge in [-0.1, -0.05) is 25.1 Å². The van der Waals surface area contributed by atoms with Gasteiger partial charge >= 0.3 is 0 Å². The number of hydrogen-bond acceptors (Lipinski definition) is 3. The topological polar surface area (TPSA) is 44.4 Å². The normalized spacial score (nSPS) is 18.2. The van der Waals surface area contributed by atoms with Crippen molar-refractivity contribution in [2.75, 3.05) is 32.0 Å². The number of para-hydroxylation sites is 1. The molecule has 116 valence electrons. The van der Waals surface area contributed by atoms with E-state index in [2.05, 4.69) is 28.5 Å². The van der Waals surface area contributed by atoms with Crippen LogP contribution in [0.25, 0.3) is 0 Å². The first-order chi connectivity index (χ1) is 10.1. The van der Waals surface area contributed by atoms with E-state index >= 15 is 0 Å². The highest BCUT2D eigenvalue weighted by molar-refractivity contribution is 5.93. The van der Waals surface area contributed by atoms with Crippen molar-refractivity contribution in [1.29, 1.82) is 0 Å². The van der Waals surface area contributed by atoms with Gasteiger partial charge in [0.1, 0.15) is 0 Å². The molecule has 1 unspecified atom stereocenters. The van der Waals surface area contributed by atoms with Crippen LogP contribution in [0.5, 0.6) is 0 Å². The van der Waals surface area contributed by atoms with E-state index in [1.807, 2.05) is 26.1 Å². The van der Waals surface area contributed by atoms with E-state index in [9.17, 15) is 4.79 Å². The van der Waals surface area contributed by atoms with Crippen molar-refractivity contribution in [3.05, 3.63) is 29.3 Å². The largest absolute Gasteiger partial charge is 0.324 e. The lowest BCUT2D eigenvalue weighted by atomic mass is 10.1. The Bertz CT molecular complexity index is 481. The summed E-state index contributed by atoms with van der Waals surface area (Å²) in [5.74, 6) is 0.0690. The number of nitrogens with zero attached hydrogens (tertiary/aromatic N) is 1. The highest BCUT2D eigenvalue weighted by Gasteiger charge is 2.17. The Hall–Kier alpha value is -1.39. The highest BCUT2D eigenvalue weighted by atomic mass is 16.2. The molecule has 0 saturated carbocycles. The van der Waals surface area contributed by atoms with Crippen molar-refractivity contribution in [3.8, 4) is 0 Å². The maximum absolute atomic E-state index is 12.2. The zero-order chi connectivity index (χ0) is 15.2. The summed E-state index contributed by atoms with van der Waals surface area (Å²) in [6.45, 7) is 6.63. The minimum Gasteiger partial charge on any atom is -0.324 e. The molecule has 1 fully saturated rings. The van der Waals surface area contributed by atoms with Crippen LogP contribution in [0.1, 0.15) is 30.9 Å². The third-order valence-electron chi connectivity index (χ3n) is 4.11. The first kappa shape index (κ1) is 16.0. The van der Waals surface area contributed by atoms with Crippen LogP contribution in [-0.4, -0.2) is 43.5 Å². The van der Waals surface area contributed by atoms with Gasteiger partial charge in [-0.25, -0.2) is 0 Å². The number of anilines is 1. The number of benzene rings is 1. The molecule has 0 radical (unpaired) electrons. The zero-order valence-corrected chi connectivity index (χ0v) is 13.4. The van der Waals surface area contributed by atoms with Gasteiger partial charge in [0.05, 0.1) is 6.54 Å². The molecular formula is C17H27N3O. The average Bonchev–Trinajstić information content (AvgIpc) is 2.93. The second-order valence-electron chi connectivity index (χ2n) is 6.00. The fourth-order valence-electron chi connectivity index (χ4n) is 2.98. The van der Waals surface area contributed by atoms with Crippen molar-refractivity contribution in [1.82, 2.24) is 10.2 Å². The van der Waals surface area contributed by atoms with Gasteiger partial charge in [0.15, 0.2) is 0 Å². The first-order valence-corrected chi connectivity index (χ1v) is 7.90. The highest BCUT2D eigenvalue weighted by Crippen LogP contribution is 2.21. The number of hydrogen-bond donors (Lipinski definition) is 2. The Labute approximate surface area is 127 Å². The summed E-state index contributed by atoms with van der Waals surface area (Å²) in [6, 6.07) is 6.70. The molecular weight excluding hydrogens is 262 g/mol. The van der Waals surface area contributed by atoms with Crippen LogP contribution in [0.15, 0.2) is 18.2 Å². The molecule has 0 aromatic heterocycles. The van der Waals surface area contributed by atoms with Crippen molar-refractivity contribution >= 4 is 11.6 Å². The van der Waals surface area contributed by atoms with Crippen LogP contribution >= 0.6 is 0 Å². The van der Waals surface area contributed by atoms with Crippen molar-refractivity contribution in [2.24, 2.45) is 0 Å². The molecule has 1 aliphatic rings. The van der Waals surface area contributed by atoms with Crippen molar-refractivity contribution in [2.45, 2.75) is 39.2 Å². The van der Waals surface area contributed by atoms with Crippen LogP contribution in [0.3, 0.4) is 0 Å². The van der Waals surface area contributed by atoms with Gasteiger partial charge in [0, 0.05) is 18.3 Å². The zero-order valence-electron chi connectivity index (χ0n) is 13.4. The maximum Gasteiger partial charge on any atom is 0.238 e. The number of rotatable bonds is 6. The Morgan fingerprint density at radius 1 is 1.48 bits per heavy atom. The monoisotopic (exact) mass is 289 g/mol. The molecule has 1 heterocycles. The van der Waals surface area contributed by atoms with Crippen molar-refractivity contribution in [3.63, 3.8) is 0 Å². The predicted octanol–water partition coefficient (Wildman–Crippen LogP) is 2.18. The first-order valence-electron chi connectivity index (χ1n) is 7.90. The fraction of sp³-hybridized carbons (Fsp3) is 0.588. The van der Waals surface area contributed by atoms with Gasteiger partial charge in [0.2, 0.25) is 5.91 Å². The van der Waals surface area contributed by atoms with Crippen LogP contribution in [0, 0.1) is 6.92 Å². The molecule has 0 spiro atoms. The number of amides is 1. The van der Waals surface area contributed by atoms with E-state index in [0.717, 1.165) is 30.8 Å². The summed E-state index contributed by atoms with van der Waals surface area (Å²) < 4.78 is 0. The smallest absolute Gasteiger partial charge is 0.238 e. The number of likely N-dealkylation sites (N-methyl/N-ethyl adjacent to an activating group) is 1. The van der Waals surface area contributed by atoms with E-state index in [1.54, 1.807) is 0 Å². The summed E-state index contributed by atoms with van der Waals surface area (Å²) >= 11 is 0. The van der Waals surface area contributed by atoms with Crippen molar-refractivity contribution < 1.29 is 4.79 Å². The molecule has 0 aliphatic carbocycles. The van der Waals surface area contributed by atoms with Crippen LogP contribution in [-0.2, 0) is 11.2 Å². The van der Waals surface area contributed by atoms with E-state index in [0.29, 0.717) is 12.6 Å².